The topological polar surface area (TPSA) is 19.4 Å². The molecule has 0 amide bonds. The summed E-state index contributed by atoms with van der Waals surface area (Å²) in [5.74, 6) is 0. The van der Waals surface area contributed by atoms with Crippen LogP contribution < -0.4 is 4.90 Å². The molecule has 6 heteroatoms. The van der Waals surface area contributed by atoms with Gasteiger partial charge in [-0.15, -0.1) is 0 Å². The Morgan fingerprint density at radius 2 is 1.56 bits per heavy atom. The molecule has 1 saturated heterocycles. The molecule has 32 heavy (non-hydrogen) atoms. The Morgan fingerprint density at radius 1 is 0.812 bits per heavy atom. The van der Waals surface area contributed by atoms with Crippen molar-refractivity contribution in [3.05, 3.63) is 71.9 Å². The van der Waals surface area contributed by atoms with Crippen molar-refractivity contribution in [2.45, 2.75) is 38.3 Å². The van der Waals surface area contributed by atoms with Crippen molar-refractivity contribution in [1.82, 2.24) is 9.88 Å². The maximum atomic E-state index is 12.6. The zero-order valence-electron chi connectivity index (χ0n) is 18.3. The van der Waals surface area contributed by atoms with Gasteiger partial charge in [-0.25, -0.2) is 0 Å². The fraction of sp³-hybridized carbons (Fsp3) is 0.423. The summed E-state index contributed by atoms with van der Waals surface area (Å²) in [6.07, 6.45) is 2.90. The number of rotatable bonds is 8. The minimum Gasteiger partial charge on any atom is -0.369 e. The first-order valence-corrected chi connectivity index (χ1v) is 11.5. The summed E-state index contributed by atoms with van der Waals surface area (Å²) in [6.45, 7) is 5.36. The van der Waals surface area contributed by atoms with Crippen LogP contribution in [-0.4, -0.2) is 42.6 Å². The van der Waals surface area contributed by atoms with Gasteiger partial charge in [0, 0.05) is 43.4 Å². The van der Waals surface area contributed by atoms with Gasteiger partial charge in [0.05, 0.1) is 11.1 Å². The second kappa shape index (κ2) is 10.3. The average Bonchev–Trinajstić information content (AvgIpc) is 2.81. The highest BCUT2D eigenvalue weighted by Gasteiger charge is 2.29. The molecule has 1 aliphatic rings. The number of aromatic nitrogens is 1. The van der Waals surface area contributed by atoms with Crippen molar-refractivity contribution in [2.24, 2.45) is 0 Å². The molecule has 3 nitrogen and oxygen atoms in total. The molecular formula is C26H30F3N3. The van der Waals surface area contributed by atoms with Gasteiger partial charge in [-0.1, -0.05) is 31.0 Å². The van der Waals surface area contributed by atoms with Crippen LogP contribution in [0.25, 0.3) is 10.9 Å². The molecule has 0 atom stereocenters. The average molecular weight is 442 g/mol. The largest absolute Gasteiger partial charge is 0.416 e. The SMILES string of the molecule is FC(F)(F)c1ccc(CCCCCCN2CCN(c3ccc4ncccc4c3)CC2)cc1. The second-order valence-electron chi connectivity index (χ2n) is 8.57. The highest BCUT2D eigenvalue weighted by atomic mass is 19.4. The molecule has 0 spiro atoms. The molecule has 3 aromatic rings. The van der Waals surface area contributed by atoms with E-state index in [1.54, 1.807) is 12.1 Å². The standard InChI is InChI=1S/C26H30F3N3/c27-26(28,29)23-10-8-21(9-11-23)6-3-1-2-4-15-31-16-18-32(19-17-31)24-12-13-25-22(20-24)7-5-14-30-25/h5,7-14,20H,1-4,6,15-19H2. The van der Waals surface area contributed by atoms with Crippen LogP contribution in [0.5, 0.6) is 0 Å². The van der Waals surface area contributed by atoms with Crippen molar-refractivity contribution in [2.75, 3.05) is 37.6 Å². The lowest BCUT2D eigenvalue weighted by atomic mass is 10.0. The van der Waals surface area contributed by atoms with Gasteiger partial charge < -0.3 is 4.90 Å². The van der Waals surface area contributed by atoms with Gasteiger partial charge in [-0.05, 0) is 67.8 Å². The first-order valence-electron chi connectivity index (χ1n) is 11.5. The Balaban J connectivity index is 1.11. The fourth-order valence-corrected chi connectivity index (χ4v) is 4.37. The quantitative estimate of drug-likeness (QED) is 0.389. The van der Waals surface area contributed by atoms with Crippen LogP contribution in [0.15, 0.2) is 60.8 Å². The van der Waals surface area contributed by atoms with E-state index in [4.69, 9.17) is 0 Å². The number of alkyl halides is 3. The molecule has 2 heterocycles. The molecule has 2 aromatic carbocycles. The molecule has 4 rings (SSSR count). The molecule has 0 radical (unpaired) electrons. The molecule has 0 bridgehead atoms. The third-order valence-corrected chi connectivity index (χ3v) is 6.30. The zero-order chi connectivity index (χ0) is 22.4. The lowest BCUT2D eigenvalue weighted by molar-refractivity contribution is -0.137. The smallest absolute Gasteiger partial charge is 0.369 e. The molecule has 170 valence electrons. The van der Waals surface area contributed by atoms with Crippen LogP contribution in [0.2, 0.25) is 0 Å². The number of nitrogens with zero attached hydrogens (tertiary/aromatic N) is 3. The number of pyridine rings is 1. The molecule has 1 aromatic heterocycles. The summed E-state index contributed by atoms with van der Waals surface area (Å²) in [4.78, 5) is 9.38. The van der Waals surface area contributed by atoms with E-state index in [9.17, 15) is 13.2 Å². The highest BCUT2D eigenvalue weighted by Crippen LogP contribution is 2.29. The first-order chi connectivity index (χ1) is 15.5. The third-order valence-electron chi connectivity index (χ3n) is 6.30. The summed E-state index contributed by atoms with van der Waals surface area (Å²) in [7, 11) is 0. The van der Waals surface area contributed by atoms with E-state index < -0.39 is 11.7 Å². The van der Waals surface area contributed by atoms with Gasteiger partial charge in [-0.3, -0.25) is 9.88 Å². The maximum Gasteiger partial charge on any atom is 0.416 e. The molecule has 0 N–H and O–H groups in total. The molecule has 1 fully saturated rings. The summed E-state index contributed by atoms with van der Waals surface area (Å²) in [5.41, 5.74) is 2.72. The zero-order valence-corrected chi connectivity index (χ0v) is 18.3. The Labute approximate surface area is 187 Å². The van der Waals surface area contributed by atoms with Gasteiger partial charge in [0.25, 0.3) is 0 Å². The van der Waals surface area contributed by atoms with Gasteiger partial charge >= 0.3 is 6.18 Å². The minimum absolute atomic E-state index is 0.570. The van der Waals surface area contributed by atoms with E-state index in [0.717, 1.165) is 63.1 Å². The van der Waals surface area contributed by atoms with Crippen LogP contribution in [0.4, 0.5) is 18.9 Å². The number of anilines is 1. The van der Waals surface area contributed by atoms with Crippen molar-refractivity contribution in [3.8, 4) is 0 Å². The molecule has 1 aliphatic heterocycles. The Kier molecular flexibility index (Phi) is 7.30. The Hall–Kier alpha value is -2.60. The van der Waals surface area contributed by atoms with E-state index in [-0.39, 0.29) is 0 Å². The Bertz CT molecular complexity index is 993. The number of hydrogen-bond donors (Lipinski definition) is 0. The van der Waals surface area contributed by atoms with E-state index >= 15 is 0 Å². The third kappa shape index (κ3) is 6.00. The number of piperazine rings is 1. The summed E-state index contributed by atoms with van der Waals surface area (Å²) >= 11 is 0. The van der Waals surface area contributed by atoms with Crippen molar-refractivity contribution in [3.63, 3.8) is 0 Å². The number of benzene rings is 2. The highest BCUT2D eigenvalue weighted by molar-refractivity contribution is 5.82. The lowest BCUT2D eigenvalue weighted by Gasteiger charge is -2.36. The van der Waals surface area contributed by atoms with Crippen LogP contribution in [0, 0.1) is 0 Å². The minimum atomic E-state index is -4.25. The van der Waals surface area contributed by atoms with E-state index in [0.29, 0.717) is 0 Å². The molecule has 0 saturated carbocycles. The first kappa shape index (κ1) is 22.6. The summed E-state index contributed by atoms with van der Waals surface area (Å²) in [6, 6.07) is 16.2. The Morgan fingerprint density at radius 3 is 2.31 bits per heavy atom. The van der Waals surface area contributed by atoms with Crippen LogP contribution in [0.1, 0.15) is 36.8 Å². The monoisotopic (exact) mass is 441 g/mol. The van der Waals surface area contributed by atoms with Crippen molar-refractivity contribution < 1.29 is 13.2 Å². The van der Waals surface area contributed by atoms with Crippen LogP contribution in [-0.2, 0) is 12.6 Å². The summed E-state index contributed by atoms with van der Waals surface area (Å²) < 4.78 is 37.9. The summed E-state index contributed by atoms with van der Waals surface area (Å²) in [5, 5.41) is 1.18. The van der Waals surface area contributed by atoms with Gasteiger partial charge in [0.2, 0.25) is 0 Å². The molecular weight excluding hydrogens is 411 g/mol. The predicted octanol–water partition coefficient (Wildman–Crippen LogP) is 6.18. The van der Waals surface area contributed by atoms with E-state index in [1.165, 1.54) is 36.0 Å². The van der Waals surface area contributed by atoms with Gasteiger partial charge in [0.15, 0.2) is 0 Å². The molecule has 0 aliphatic carbocycles. The normalized spacial score (nSPS) is 15.4. The lowest BCUT2D eigenvalue weighted by Crippen LogP contribution is -2.46. The van der Waals surface area contributed by atoms with Gasteiger partial charge in [-0.2, -0.15) is 13.2 Å². The predicted molar refractivity (Wildman–Crippen MR) is 124 cm³/mol. The number of halogens is 3. The fourth-order valence-electron chi connectivity index (χ4n) is 4.37. The van der Waals surface area contributed by atoms with Crippen molar-refractivity contribution >= 4 is 16.6 Å². The van der Waals surface area contributed by atoms with Crippen LogP contribution >= 0.6 is 0 Å². The maximum absolute atomic E-state index is 12.6. The second-order valence-corrected chi connectivity index (χ2v) is 8.57. The van der Waals surface area contributed by atoms with Gasteiger partial charge in [0.1, 0.15) is 0 Å². The number of hydrogen-bond acceptors (Lipinski definition) is 3. The van der Waals surface area contributed by atoms with E-state index in [2.05, 4.69) is 39.0 Å². The van der Waals surface area contributed by atoms with E-state index in [1.807, 2.05) is 12.3 Å². The number of aryl methyl sites for hydroxylation is 1. The van der Waals surface area contributed by atoms with Crippen molar-refractivity contribution in [1.29, 1.82) is 0 Å². The molecule has 0 unspecified atom stereocenters. The number of unbranched alkanes of at least 4 members (excludes halogenated alkanes) is 3. The number of fused-ring (bicyclic) bond motifs is 1. The van der Waals surface area contributed by atoms with Crippen LogP contribution in [0.3, 0.4) is 0 Å².